The standard InChI is InChI=1S/C19H26N4O3/c1-14-18-16(20-23(19(18)25)15-5-3-2-4-6-15)13-17(24)22(14)8-7-21-9-11-26-12-10-21/h2-6,14,16,18,20H,7-13H2,1H3. The molecule has 1 aromatic carbocycles. The number of ether oxygens (including phenoxy) is 1. The summed E-state index contributed by atoms with van der Waals surface area (Å²) in [6, 6.07) is 9.35. The molecule has 3 aliphatic heterocycles. The predicted octanol–water partition coefficient (Wildman–Crippen LogP) is 0.476. The van der Waals surface area contributed by atoms with Crippen LogP contribution in [0.25, 0.3) is 0 Å². The van der Waals surface area contributed by atoms with Crippen LogP contribution in [0.4, 0.5) is 5.69 Å². The lowest BCUT2D eigenvalue weighted by Gasteiger charge is -2.40. The molecule has 0 saturated carbocycles. The van der Waals surface area contributed by atoms with Crippen molar-refractivity contribution < 1.29 is 14.3 Å². The molecule has 4 rings (SSSR count). The number of fused-ring (bicyclic) bond motifs is 1. The normalized spacial score (nSPS) is 30.0. The molecule has 7 nitrogen and oxygen atoms in total. The van der Waals surface area contributed by atoms with Crippen LogP contribution in [-0.4, -0.2) is 73.1 Å². The first-order valence-electron chi connectivity index (χ1n) is 9.40. The van der Waals surface area contributed by atoms with Crippen molar-refractivity contribution >= 4 is 17.5 Å². The number of nitrogens with one attached hydrogen (secondary N) is 1. The van der Waals surface area contributed by atoms with E-state index in [0.717, 1.165) is 38.5 Å². The number of morpholine rings is 1. The Balaban J connectivity index is 1.45. The summed E-state index contributed by atoms with van der Waals surface area (Å²) in [6.45, 7) is 6.82. The summed E-state index contributed by atoms with van der Waals surface area (Å²) in [7, 11) is 0. The minimum Gasteiger partial charge on any atom is -0.379 e. The van der Waals surface area contributed by atoms with Crippen LogP contribution in [0.15, 0.2) is 30.3 Å². The van der Waals surface area contributed by atoms with E-state index in [9.17, 15) is 9.59 Å². The molecule has 0 radical (unpaired) electrons. The summed E-state index contributed by atoms with van der Waals surface area (Å²) in [5, 5.41) is 1.62. The zero-order valence-electron chi connectivity index (χ0n) is 15.1. The second-order valence-electron chi connectivity index (χ2n) is 7.26. The molecule has 3 heterocycles. The number of para-hydroxylation sites is 1. The third-order valence-electron chi connectivity index (χ3n) is 5.74. The topological polar surface area (TPSA) is 65.1 Å². The molecule has 1 aromatic rings. The molecule has 1 N–H and O–H groups in total. The number of hydrazine groups is 1. The molecule has 0 bridgehead atoms. The third kappa shape index (κ3) is 3.22. The molecule has 0 aliphatic carbocycles. The van der Waals surface area contributed by atoms with Gasteiger partial charge in [0.15, 0.2) is 0 Å². The monoisotopic (exact) mass is 358 g/mol. The van der Waals surface area contributed by atoms with Gasteiger partial charge in [0.25, 0.3) is 0 Å². The lowest BCUT2D eigenvalue weighted by Crippen LogP contribution is -2.56. The molecule has 3 saturated heterocycles. The van der Waals surface area contributed by atoms with E-state index in [1.165, 1.54) is 0 Å². The number of benzene rings is 1. The summed E-state index contributed by atoms with van der Waals surface area (Å²) in [4.78, 5) is 29.9. The Hall–Kier alpha value is -1.96. The average Bonchev–Trinajstić information content (AvgIpc) is 2.99. The van der Waals surface area contributed by atoms with Crippen LogP contribution in [0.5, 0.6) is 0 Å². The van der Waals surface area contributed by atoms with Gasteiger partial charge in [-0.3, -0.25) is 14.5 Å². The van der Waals surface area contributed by atoms with E-state index in [0.29, 0.717) is 13.0 Å². The highest BCUT2D eigenvalue weighted by Gasteiger charge is 2.50. The van der Waals surface area contributed by atoms with E-state index in [1.807, 2.05) is 42.2 Å². The maximum Gasteiger partial charge on any atom is 0.248 e. The van der Waals surface area contributed by atoms with E-state index >= 15 is 0 Å². The fourth-order valence-corrected chi connectivity index (χ4v) is 4.25. The van der Waals surface area contributed by atoms with Gasteiger partial charge in [-0.2, -0.15) is 0 Å². The van der Waals surface area contributed by atoms with Crippen molar-refractivity contribution in [2.24, 2.45) is 5.92 Å². The van der Waals surface area contributed by atoms with Crippen LogP contribution in [0.2, 0.25) is 0 Å². The summed E-state index contributed by atoms with van der Waals surface area (Å²) < 4.78 is 5.38. The van der Waals surface area contributed by atoms with Gasteiger partial charge in [0.2, 0.25) is 11.8 Å². The van der Waals surface area contributed by atoms with Crippen molar-refractivity contribution in [1.29, 1.82) is 0 Å². The molecule has 0 spiro atoms. The number of amides is 2. The number of anilines is 1. The Morgan fingerprint density at radius 3 is 2.58 bits per heavy atom. The summed E-state index contributed by atoms with van der Waals surface area (Å²) in [6.07, 6.45) is 0.368. The van der Waals surface area contributed by atoms with E-state index in [1.54, 1.807) is 5.01 Å². The van der Waals surface area contributed by atoms with Crippen LogP contribution in [0, 0.1) is 5.92 Å². The molecule has 140 valence electrons. The Bertz CT molecular complexity index is 662. The SMILES string of the molecule is CC1C2C(=O)N(c3ccccc3)NC2CC(=O)N1CCN1CCOCC1. The summed E-state index contributed by atoms with van der Waals surface area (Å²) in [5.41, 5.74) is 4.08. The Labute approximate surface area is 153 Å². The molecule has 3 unspecified atom stereocenters. The lowest BCUT2D eigenvalue weighted by molar-refractivity contribution is -0.141. The van der Waals surface area contributed by atoms with Gasteiger partial charge in [-0.05, 0) is 19.1 Å². The minimum atomic E-state index is -0.197. The maximum absolute atomic E-state index is 13.0. The van der Waals surface area contributed by atoms with Crippen LogP contribution in [0.3, 0.4) is 0 Å². The number of likely N-dealkylation sites (tertiary alicyclic amines) is 1. The quantitative estimate of drug-likeness (QED) is 0.848. The Kier molecular flexibility index (Phi) is 4.93. The average molecular weight is 358 g/mol. The fourth-order valence-electron chi connectivity index (χ4n) is 4.25. The fraction of sp³-hybridized carbons (Fsp3) is 0.579. The van der Waals surface area contributed by atoms with Gasteiger partial charge in [-0.15, -0.1) is 0 Å². The minimum absolute atomic E-state index is 0.0533. The van der Waals surface area contributed by atoms with Crippen LogP contribution in [-0.2, 0) is 14.3 Å². The van der Waals surface area contributed by atoms with Gasteiger partial charge in [0, 0.05) is 44.7 Å². The van der Waals surface area contributed by atoms with Crippen molar-refractivity contribution in [3.8, 4) is 0 Å². The molecular weight excluding hydrogens is 332 g/mol. The Morgan fingerprint density at radius 2 is 1.85 bits per heavy atom. The first-order chi connectivity index (χ1) is 12.6. The second kappa shape index (κ2) is 7.34. The highest BCUT2D eigenvalue weighted by molar-refractivity contribution is 5.99. The second-order valence-corrected chi connectivity index (χ2v) is 7.26. The third-order valence-corrected chi connectivity index (χ3v) is 5.74. The number of piperidine rings is 1. The van der Waals surface area contributed by atoms with Gasteiger partial charge in [0.1, 0.15) is 0 Å². The maximum atomic E-state index is 13.0. The number of hydrogen-bond donors (Lipinski definition) is 1. The van der Waals surface area contributed by atoms with Crippen LogP contribution in [0.1, 0.15) is 13.3 Å². The van der Waals surface area contributed by atoms with Gasteiger partial charge >= 0.3 is 0 Å². The molecule has 0 aromatic heterocycles. The van der Waals surface area contributed by atoms with Crippen molar-refractivity contribution in [2.75, 3.05) is 44.4 Å². The molecule has 2 amide bonds. The van der Waals surface area contributed by atoms with E-state index in [-0.39, 0.29) is 29.8 Å². The first-order valence-corrected chi connectivity index (χ1v) is 9.40. The van der Waals surface area contributed by atoms with E-state index in [4.69, 9.17) is 4.74 Å². The number of rotatable bonds is 4. The smallest absolute Gasteiger partial charge is 0.248 e. The molecular formula is C19H26N4O3. The lowest BCUT2D eigenvalue weighted by atomic mass is 9.86. The van der Waals surface area contributed by atoms with Crippen molar-refractivity contribution in [3.05, 3.63) is 30.3 Å². The molecule has 3 fully saturated rings. The van der Waals surface area contributed by atoms with Crippen molar-refractivity contribution in [1.82, 2.24) is 15.2 Å². The molecule has 7 heteroatoms. The number of carbonyl (C=O) groups excluding carboxylic acids is 2. The zero-order valence-corrected chi connectivity index (χ0v) is 15.1. The van der Waals surface area contributed by atoms with Crippen LogP contribution >= 0.6 is 0 Å². The first kappa shape index (κ1) is 17.5. The molecule has 26 heavy (non-hydrogen) atoms. The van der Waals surface area contributed by atoms with Gasteiger partial charge < -0.3 is 9.64 Å². The highest BCUT2D eigenvalue weighted by atomic mass is 16.5. The highest BCUT2D eigenvalue weighted by Crippen LogP contribution is 2.33. The number of nitrogens with zero attached hydrogens (tertiary/aromatic N) is 3. The van der Waals surface area contributed by atoms with Crippen LogP contribution < -0.4 is 10.4 Å². The van der Waals surface area contributed by atoms with Gasteiger partial charge in [-0.25, -0.2) is 10.4 Å². The largest absolute Gasteiger partial charge is 0.379 e. The predicted molar refractivity (Wildman–Crippen MR) is 97.4 cm³/mol. The van der Waals surface area contributed by atoms with Crippen molar-refractivity contribution in [2.45, 2.75) is 25.4 Å². The Morgan fingerprint density at radius 1 is 1.12 bits per heavy atom. The molecule has 3 atom stereocenters. The van der Waals surface area contributed by atoms with Gasteiger partial charge in [-0.1, -0.05) is 18.2 Å². The zero-order chi connectivity index (χ0) is 18.1. The van der Waals surface area contributed by atoms with E-state index < -0.39 is 0 Å². The summed E-state index contributed by atoms with van der Waals surface area (Å²) >= 11 is 0. The number of hydrogen-bond acceptors (Lipinski definition) is 5. The van der Waals surface area contributed by atoms with Gasteiger partial charge in [0.05, 0.1) is 24.8 Å². The van der Waals surface area contributed by atoms with E-state index in [2.05, 4.69) is 10.3 Å². The number of carbonyl (C=O) groups is 2. The molecule has 3 aliphatic rings. The van der Waals surface area contributed by atoms with Crippen molar-refractivity contribution in [3.63, 3.8) is 0 Å². The summed E-state index contributed by atoms with van der Waals surface area (Å²) in [5.74, 6) is -0.0163.